The van der Waals surface area contributed by atoms with Crippen LogP contribution in [0.4, 0.5) is 0 Å². The van der Waals surface area contributed by atoms with Crippen LogP contribution in [0.25, 0.3) is 0 Å². The van der Waals surface area contributed by atoms with E-state index in [1.807, 2.05) is 0 Å². The van der Waals surface area contributed by atoms with E-state index in [2.05, 4.69) is 33.0 Å². The highest BCUT2D eigenvalue weighted by molar-refractivity contribution is 4.90. The van der Waals surface area contributed by atoms with Crippen molar-refractivity contribution in [2.75, 3.05) is 6.54 Å². The zero-order chi connectivity index (χ0) is 13.9. The molecule has 0 aliphatic heterocycles. The van der Waals surface area contributed by atoms with Gasteiger partial charge in [-0.2, -0.15) is 0 Å². The summed E-state index contributed by atoms with van der Waals surface area (Å²) in [4.78, 5) is 0. The van der Waals surface area contributed by atoms with Gasteiger partial charge in [0, 0.05) is 12.6 Å². The van der Waals surface area contributed by atoms with Crippen molar-refractivity contribution >= 4 is 0 Å². The lowest BCUT2D eigenvalue weighted by Gasteiger charge is -2.38. The molecule has 0 aromatic rings. The number of nitrogens with one attached hydrogen (secondary N) is 1. The van der Waals surface area contributed by atoms with Crippen molar-refractivity contribution in [3.05, 3.63) is 0 Å². The number of hydrogen-bond donors (Lipinski definition) is 1. The smallest absolute Gasteiger partial charge is 0.00954 e. The van der Waals surface area contributed by atoms with E-state index in [4.69, 9.17) is 0 Å². The van der Waals surface area contributed by atoms with Gasteiger partial charge in [0.1, 0.15) is 0 Å². The second-order valence-corrected chi connectivity index (χ2v) is 8.19. The molecule has 1 N–H and O–H groups in total. The molecule has 0 amide bonds. The molecule has 0 heterocycles. The van der Waals surface area contributed by atoms with Gasteiger partial charge in [-0.3, -0.25) is 0 Å². The van der Waals surface area contributed by atoms with E-state index < -0.39 is 0 Å². The van der Waals surface area contributed by atoms with Gasteiger partial charge in [-0.05, 0) is 55.3 Å². The lowest BCUT2D eigenvalue weighted by molar-refractivity contribution is 0.172. The average Bonchev–Trinajstić information content (AvgIpc) is 2.78. The topological polar surface area (TPSA) is 12.0 Å². The third kappa shape index (κ3) is 4.21. The van der Waals surface area contributed by atoms with Crippen molar-refractivity contribution in [2.24, 2.45) is 23.2 Å². The quantitative estimate of drug-likeness (QED) is 0.737. The summed E-state index contributed by atoms with van der Waals surface area (Å²) < 4.78 is 0. The highest BCUT2D eigenvalue weighted by atomic mass is 14.9. The van der Waals surface area contributed by atoms with Crippen LogP contribution >= 0.6 is 0 Å². The Balaban J connectivity index is 1.87. The van der Waals surface area contributed by atoms with Crippen LogP contribution in [-0.4, -0.2) is 12.6 Å². The molecular weight excluding hydrogens is 230 g/mol. The maximum Gasteiger partial charge on any atom is 0.00954 e. The normalized spacial score (nSPS) is 34.9. The van der Waals surface area contributed by atoms with E-state index in [9.17, 15) is 0 Å². The van der Waals surface area contributed by atoms with Crippen LogP contribution in [0, 0.1) is 23.2 Å². The van der Waals surface area contributed by atoms with E-state index in [1.54, 1.807) is 0 Å². The van der Waals surface area contributed by atoms with E-state index in [-0.39, 0.29) is 0 Å². The largest absolute Gasteiger partial charge is 0.313 e. The molecular formula is C18H35N. The molecule has 2 aliphatic carbocycles. The zero-order valence-corrected chi connectivity index (χ0v) is 13.7. The summed E-state index contributed by atoms with van der Waals surface area (Å²) in [5.74, 6) is 2.66. The lowest BCUT2D eigenvalue weighted by atomic mass is 9.76. The molecule has 112 valence electrons. The molecule has 0 aromatic carbocycles. The standard InChI is InChI=1S/C18H35N/c1-14(2)12-18(9-5-6-10-18)13-19-17-11-15(3)7-8-16(17)4/h14-17,19H,5-13H2,1-4H3. The summed E-state index contributed by atoms with van der Waals surface area (Å²) in [5.41, 5.74) is 0.634. The van der Waals surface area contributed by atoms with Crippen molar-refractivity contribution in [3.8, 4) is 0 Å². The first-order valence-corrected chi connectivity index (χ1v) is 8.74. The van der Waals surface area contributed by atoms with Crippen LogP contribution in [0.15, 0.2) is 0 Å². The Kier molecular flexibility index (Phi) is 5.34. The fraction of sp³-hybridized carbons (Fsp3) is 1.00. The minimum absolute atomic E-state index is 0.634. The van der Waals surface area contributed by atoms with Gasteiger partial charge in [-0.25, -0.2) is 0 Å². The Bertz CT molecular complexity index is 265. The van der Waals surface area contributed by atoms with E-state index in [1.165, 1.54) is 57.9 Å². The molecule has 19 heavy (non-hydrogen) atoms. The Morgan fingerprint density at radius 2 is 1.79 bits per heavy atom. The molecule has 0 bridgehead atoms. The molecule has 1 heteroatoms. The van der Waals surface area contributed by atoms with E-state index in [0.717, 1.165) is 23.8 Å². The minimum Gasteiger partial charge on any atom is -0.313 e. The first-order valence-electron chi connectivity index (χ1n) is 8.74. The van der Waals surface area contributed by atoms with Crippen LogP contribution in [-0.2, 0) is 0 Å². The van der Waals surface area contributed by atoms with Gasteiger partial charge < -0.3 is 5.32 Å². The van der Waals surface area contributed by atoms with Crippen LogP contribution in [0.1, 0.15) is 79.1 Å². The van der Waals surface area contributed by atoms with Crippen LogP contribution in [0.3, 0.4) is 0 Å². The number of hydrogen-bond acceptors (Lipinski definition) is 1. The molecule has 0 aromatic heterocycles. The first kappa shape index (κ1) is 15.4. The fourth-order valence-electron chi connectivity index (χ4n) is 4.61. The summed E-state index contributed by atoms with van der Waals surface area (Å²) in [6.45, 7) is 11.0. The van der Waals surface area contributed by atoms with Crippen LogP contribution < -0.4 is 5.32 Å². The highest BCUT2D eigenvalue weighted by Gasteiger charge is 2.35. The predicted molar refractivity (Wildman–Crippen MR) is 84.3 cm³/mol. The predicted octanol–water partition coefficient (Wildman–Crippen LogP) is 5.01. The van der Waals surface area contributed by atoms with Crippen molar-refractivity contribution < 1.29 is 0 Å². The summed E-state index contributed by atoms with van der Waals surface area (Å²) >= 11 is 0. The molecule has 2 rings (SSSR count). The average molecular weight is 265 g/mol. The van der Waals surface area contributed by atoms with Gasteiger partial charge in [0.05, 0.1) is 0 Å². The van der Waals surface area contributed by atoms with E-state index >= 15 is 0 Å². The van der Waals surface area contributed by atoms with Crippen molar-refractivity contribution in [1.82, 2.24) is 5.32 Å². The van der Waals surface area contributed by atoms with Gasteiger partial charge in [0.2, 0.25) is 0 Å². The van der Waals surface area contributed by atoms with Gasteiger partial charge in [-0.1, -0.05) is 47.0 Å². The molecule has 0 saturated heterocycles. The molecule has 1 nitrogen and oxygen atoms in total. The number of rotatable bonds is 5. The van der Waals surface area contributed by atoms with Crippen molar-refractivity contribution in [1.29, 1.82) is 0 Å². The zero-order valence-electron chi connectivity index (χ0n) is 13.7. The summed E-state index contributed by atoms with van der Waals surface area (Å²) in [5, 5.41) is 3.99. The summed E-state index contributed by atoms with van der Waals surface area (Å²) in [6, 6.07) is 0.786. The van der Waals surface area contributed by atoms with Crippen molar-refractivity contribution in [2.45, 2.75) is 85.1 Å². The van der Waals surface area contributed by atoms with Crippen LogP contribution in [0.5, 0.6) is 0 Å². The molecule has 3 unspecified atom stereocenters. The van der Waals surface area contributed by atoms with E-state index in [0.29, 0.717) is 5.41 Å². The highest BCUT2D eigenvalue weighted by Crippen LogP contribution is 2.43. The third-order valence-electron chi connectivity index (χ3n) is 5.70. The van der Waals surface area contributed by atoms with Gasteiger partial charge >= 0.3 is 0 Å². The second-order valence-electron chi connectivity index (χ2n) is 8.19. The molecule has 2 fully saturated rings. The third-order valence-corrected chi connectivity index (χ3v) is 5.70. The second kappa shape index (κ2) is 6.61. The van der Waals surface area contributed by atoms with Gasteiger partial charge in [0.15, 0.2) is 0 Å². The van der Waals surface area contributed by atoms with Gasteiger partial charge in [-0.15, -0.1) is 0 Å². The van der Waals surface area contributed by atoms with Crippen molar-refractivity contribution in [3.63, 3.8) is 0 Å². The molecule has 2 saturated carbocycles. The van der Waals surface area contributed by atoms with Crippen LogP contribution in [0.2, 0.25) is 0 Å². The summed E-state index contributed by atoms with van der Waals surface area (Å²) in [7, 11) is 0. The minimum atomic E-state index is 0.634. The Morgan fingerprint density at radius 3 is 2.42 bits per heavy atom. The first-order chi connectivity index (χ1) is 9.01. The van der Waals surface area contributed by atoms with Gasteiger partial charge in [0.25, 0.3) is 0 Å². The maximum atomic E-state index is 3.99. The molecule has 2 aliphatic rings. The SMILES string of the molecule is CC(C)CC1(CNC2CC(C)CCC2C)CCCC1. The lowest BCUT2D eigenvalue weighted by Crippen LogP contribution is -2.44. The monoisotopic (exact) mass is 265 g/mol. The Morgan fingerprint density at radius 1 is 1.11 bits per heavy atom. The Hall–Kier alpha value is -0.0400. The Labute approximate surface area is 120 Å². The molecule has 3 atom stereocenters. The maximum absolute atomic E-state index is 3.99. The molecule has 0 radical (unpaired) electrons. The molecule has 0 spiro atoms. The summed E-state index contributed by atoms with van der Waals surface area (Å²) in [6.07, 6.45) is 11.6. The fourth-order valence-corrected chi connectivity index (χ4v) is 4.61.